The Balaban J connectivity index is 1.36. The lowest BCUT2D eigenvalue weighted by Gasteiger charge is -2.27. The molecule has 1 unspecified atom stereocenters. The summed E-state index contributed by atoms with van der Waals surface area (Å²) in [4.78, 5) is 29.4. The first-order valence-electron chi connectivity index (χ1n) is 11.0. The summed E-state index contributed by atoms with van der Waals surface area (Å²) < 4.78 is 10.5. The molecule has 0 saturated carbocycles. The summed E-state index contributed by atoms with van der Waals surface area (Å²) in [5, 5.41) is 6.42. The third kappa shape index (κ3) is 5.09. The molecule has 2 heterocycles. The topological polar surface area (TPSA) is 83.1 Å². The minimum atomic E-state index is -0.276. The highest BCUT2D eigenvalue weighted by Crippen LogP contribution is 2.34. The van der Waals surface area contributed by atoms with Crippen LogP contribution in [0.5, 0.6) is 0 Å². The van der Waals surface area contributed by atoms with E-state index in [1.54, 1.807) is 24.1 Å². The summed E-state index contributed by atoms with van der Waals surface area (Å²) in [5.74, 6) is -0.0978. The number of morpholine rings is 1. The molecule has 2 N–H and O–H groups in total. The van der Waals surface area contributed by atoms with Crippen molar-refractivity contribution in [2.45, 2.75) is 6.17 Å². The number of rotatable bonds is 9. The Labute approximate surface area is 188 Å². The molecule has 170 valence electrons. The number of nitrogens with one attached hydrogen (secondary N) is 2. The van der Waals surface area contributed by atoms with Gasteiger partial charge in [-0.15, -0.1) is 0 Å². The highest BCUT2D eigenvalue weighted by atomic mass is 16.5. The van der Waals surface area contributed by atoms with Crippen molar-refractivity contribution in [3.8, 4) is 0 Å². The Morgan fingerprint density at radius 1 is 1.09 bits per heavy atom. The van der Waals surface area contributed by atoms with Gasteiger partial charge < -0.3 is 25.0 Å². The van der Waals surface area contributed by atoms with Gasteiger partial charge in [-0.1, -0.05) is 18.2 Å². The number of hydrogen-bond acceptors (Lipinski definition) is 6. The summed E-state index contributed by atoms with van der Waals surface area (Å²) in [6.45, 7) is 5.70. The van der Waals surface area contributed by atoms with Crippen molar-refractivity contribution < 1.29 is 19.1 Å². The quantitative estimate of drug-likeness (QED) is 0.623. The van der Waals surface area contributed by atoms with Crippen molar-refractivity contribution in [3.63, 3.8) is 0 Å². The highest BCUT2D eigenvalue weighted by molar-refractivity contribution is 5.99. The van der Waals surface area contributed by atoms with Gasteiger partial charge in [0.15, 0.2) is 0 Å². The fraction of sp³-hybridized carbons (Fsp3) is 0.417. The van der Waals surface area contributed by atoms with E-state index in [0.717, 1.165) is 44.1 Å². The fourth-order valence-corrected chi connectivity index (χ4v) is 4.08. The number of nitrogens with zero attached hydrogens (tertiary/aromatic N) is 2. The molecule has 32 heavy (non-hydrogen) atoms. The Morgan fingerprint density at radius 3 is 2.59 bits per heavy atom. The van der Waals surface area contributed by atoms with Gasteiger partial charge in [-0.3, -0.25) is 14.5 Å². The normalized spacial score (nSPS) is 18.5. The van der Waals surface area contributed by atoms with Crippen LogP contribution >= 0.6 is 0 Å². The average Bonchev–Trinajstić information content (AvgIpc) is 3.09. The van der Waals surface area contributed by atoms with Gasteiger partial charge >= 0.3 is 0 Å². The van der Waals surface area contributed by atoms with Crippen LogP contribution in [0, 0.1) is 0 Å². The van der Waals surface area contributed by atoms with E-state index in [-0.39, 0.29) is 18.0 Å². The molecule has 1 saturated heterocycles. The molecular weight excluding hydrogens is 408 g/mol. The van der Waals surface area contributed by atoms with Crippen molar-refractivity contribution in [1.82, 2.24) is 15.1 Å². The molecule has 0 aliphatic carbocycles. The van der Waals surface area contributed by atoms with Crippen molar-refractivity contribution in [2.75, 3.05) is 65.0 Å². The predicted molar refractivity (Wildman–Crippen MR) is 122 cm³/mol. The second-order valence-corrected chi connectivity index (χ2v) is 7.91. The second kappa shape index (κ2) is 10.6. The lowest BCUT2D eigenvalue weighted by atomic mass is 10.1. The lowest BCUT2D eigenvalue weighted by Crippen LogP contribution is -2.41. The molecule has 0 spiro atoms. The monoisotopic (exact) mass is 438 g/mol. The van der Waals surface area contributed by atoms with Gasteiger partial charge in [-0.05, 0) is 30.3 Å². The van der Waals surface area contributed by atoms with E-state index >= 15 is 0 Å². The van der Waals surface area contributed by atoms with E-state index < -0.39 is 0 Å². The molecule has 2 aliphatic rings. The van der Waals surface area contributed by atoms with E-state index in [1.165, 1.54) is 0 Å². The average molecular weight is 439 g/mol. The molecule has 2 aromatic carbocycles. The van der Waals surface area contributed by atoms with Crippen molar-refractivity contribution in [1.29, 1.82) is 0 Å². The molecule has 2 amide bonds. The zero-order valence-electron chi connectivity index (χ0n) is 18.4. The third-order valence-electron chi connectivity index (χ3n) is 5.86. The predicted octanol–water partition coefficient (Wildman–Crippen LogP) is 1.96. The van der Waals surface area contributed by atoms with Crippen molar-refractivity contribution in [2.24, 2.45) is 0 Å². The van der Waals surface area contributed by atoms with Gasteiger partial charge in [0.2, 0.25) is 0 Å². The molecule has 0 radical (unpaired) electrons. The minimum Gasteiger partial charge on any atom is -0.383 e. The molecule has 1 atom stereocenters. The summed E-state index contributed by atoms with van der Waals surface area (Å²) in [5.41, 5.74) is 3.10. The van der Waals surface area contributed by atoms with Gasteiger partial charge in [0.05, 0.1) is 19.8 Å². The zero-order chi connectivity index (χ0) is 22.3. The first kappa shape index (κ1) is 22.3. The molecular formula is C24H30N4O4. The maximum atomic E-state index is 12.8. The van der Waals surface area contributed by atoms with E-state index in [4.69, 9.17) is 9.47 Å². The fourth-order valence-electron chi connectivity index (χ4n) is 4.08. The van der Waals surface area contributed by atoms with E-state index in [9.17, 15) is 9.59 Å². The molecule has 0 aromatic heterocycles. The van der Waals surface area contributed by atoms with Crippen LogP contribution in [0.1, 0.15) is 32.4 Å². The first-order chi connectivity index (χ1) is 15.7. The summed E-state index contributed by atoms with van der Waals surface area (Å²) in [6.07, 6.45) is -0.276. The number of fused-ring (bicyclic) bond motifs is 1. The van der Waals surface area contributed by atoms with E-state index in [2.05, 4.69) is 15.5 Å². The van der Waals surface area contributed by atoms with Crippen LogP contribution in [0.25, 0.3) is 0 Å². The number of amides is 2. The highest BCUT2D eigenvalue weighted by Gasteiger charge is 2.36. The Kier molecular flexibility index (Phi) is 7.36. The zero-order valence-corrected chi connectivity index (χ0v) is 18.4. The first-order valence-corrected chi connectivity index (χ1v) is 11.0. The van der Waals surface area contributed by atoms with Gasteiger partial charge in [0.1, 0.15) is 6.17 Å². The number of ether oxygens (including phenoxy) is 2. The molecule has 4 rings (SSSR count). The van der Waals surface area contributed by atoms with Crippen LogP contribution in [0.15, 0.2) is 48.5 Å². The summed E-state index contributed by atoms with van der Waals surface area (Å²) >= 11 is 0. The van der Waals surface area contributed by atoms with Crippen molar-refractivity contribution in [3.05, 3.63) is 65.2 Å². The SMILES string of the molecule is COCCN1C(=O)c2ccccc2C1Nc1ccc(C(=O)NCCN2CCOCC2)cc1. The Hall–Kier alpha value is -2.94. The van der Waals surface area contributed by atoms with Crippen LogP contribution in [0.3, 0.4) is 0 Å². The third-order valence-corrected chi connectivity index (χ3v) is 5.86. The lowest BCUT2D eigenvalue weighted by molar-refractivity contribution is 0.0383. The van der Waals surface area contributed by atoms with Crippen molar-refractivity contribution >= 4 is 17.5 Å². The number of carbonyl (C=O) groups excluding carboxylic acids is 2. The van der Waals surface area contributed by atoms with Gasteiger partial charge in [0.25, 0.3) is 11.8 Å². The van der Waals surface area contributed by atoms with Gasteiger partial charge in [0, 0.05) is 62.2 Å². The summed E-state index contributed by atoms with van der Waals surface area (Å²) in [7, 11) is 1.63. The molecule has 2 aromatic rings. The summed E-state index contributed by atoms with van der Waals surface area (Å²) in [6, 6.07) is 15.0. The van der Waals surface area contributed by atoms with E-state index in [1.807, 2.05) is 36.4 Å². The second-order valence-electron chi connectivity index (χ2n) is 7.91. The molecule has 8 heteroatoms. The van der Waals surface area contributed by atoms with Crippen LogP contribution < -0.4 is 10.6 Å². The number of benzene rings is 2. The number of carbonyl (C=O) groups is 2. The van der Waals surface area contributed by atoms with Gasteiger partial charge in [-0.25, -0.2) is 0 Å². The number of hydrogen-bond donors (Lipinski definition) is 2. The Bertz CT molecular complexity index is 928. The number of anilines is 1. The van der Waals surface area contributed by atoms with Crippen LogP contribution in [-0.4, -0.2) is 81.3 Å². The number of methoxy groups -OCH3 is 1. The molecule has 0 bridgehead atoms. The molecule has 8 nitrogen and oxygen atoms in total. The van der Waals surface area contributed by atoms with Crippen LogP contribution in [0.2, 0.25) is 0 Å². The largest absolute Gasteiger partial charge is 0.383 e. The van der Waals surface area contributed by atoms with Gasteiger partial charge in [-0.2, -0.15) is 0 Å². The Morgan fingerprint density at radius 2 is 1.84 bits per heavy atom. The molecule has 1 fully saturated rings. The van der Waals surface area contributed by atoms with Crippen LogP contribution in [0.4, 0.5) is 5.69 Å². The molecule has 2 aliphatic heterocycles. The maximum absolute atomic E-state index is 12.8. The van der Waals surface area contributed by atoms with Crippen LogP contribution in [-0.2, 0) is 9.47 Å². The standard InChI is InChI=1S/C24H30N4O4/c1-31-15-14-28-22(20-4-2-3-5-21(20)24(28)30)26-19-8-6-18(7-9-19)23(29)25-10-11-27-12-16-32-17-13-27/h2-9,22,26H,10-17H2,1H3,(H,25,29). The smallest absolute Gasteiger partial charge is 0.256 e. The van der Waals surface area contributed by atoms with E-state index in [0.29, 0.717) is 30.8 Å². The maximum Gasteiger partial charge on any atom is 0.256 e. The minimum absolute atomic E-state index is 0.00795.